The highest BCUT2D eigenvalue weighted by molar-refractivity contribution is 5.19. The first kappa shape index (κ1) is 16.8. The minimum Gasteiger partial charge on any atom is -0.314 e. The normalized spacial score (nSPS) is 23.0. The zero-order valence-electron chi connectivity index (χ0n) is 12.8. The maximum Gasteiger partial charge on any atom is 0.254 e. The van der Waals surface area contributed by atoms with Crippen LogP contribution >= 0.6 is 0 Å². The van der Waals surface area contributed by atoms with Gasteiger partial charge < -0.3 is 21.3 Å². The van der Waals surface area contributed by atoms with Crippen molar-refractivity contribution in [2.75, 3.05) is 45.8 Å². The van der Waals surface area contributed by atoms with Gasteiger partial charge in [-0.1, -0.05) is 30.3 Å². The third-order valence-electron chi connectivity index (χ3n) is 3.78. The summed E-state index contributed by atoms with van der Waals surface area (Å²) in [4.78, 5) is 11.4. The minimum absolute atomic E-state index is 0.188. The van der Waals surface area contributed by atoms with Gasteiger partial charge in [-0.15, -0.1) is 0 Å². The molecule has 0 amide bonds. The van der Waals surface area contributed by atoms with Crippen molar-refractivity contribution in [2.45, 2.75) is 12.1 Å². The first-order chi connectivity index (χ1) is 10.8. The molecule has 1 saturated heterocycles. The average Bonchev–Trinajstić information content (AvgIpc) is 2.50. The fourth-order valence-electron chi connectivity index (χ4n) is 2.65. The van der Waals surface area contributed by atoms with E-state index in [1.54, 1.807) is 0 Å². The van der Waals surface area contributed by atoms with Crippen LogP contribution in [0.5, 0.6) is 0 Å². The molecule has 1 fully saturated rings. The molecule has 0 aliphatic carbocycles. The van der Waals surface area contributed by atoms with Gasteiger partial charge in [0.25, 0.3) is 6.04 Å². The molecule has 0 bridgehead atoms. The summed E-state index contributed by atoms with van der Waals surface area (Å²) in [6.45, 7) is 5.60. The number of nitro groups is 1. The first-order valence-corrected chi connectivity index (χ1v) is 7.83. The van der Waals surface area contributed by atoms with Gasteiger partial charge in [0.15, 0.2) is 0 Å². The fourth-order valence-corrected chi connectivity index (χ4v) is 2.65. The molecule has 1 aromatic rings. The summed E-state index contributed by atoms with van der Waals surface area (Å²) in [5.41, 5.74) is 0.741. The molecule has 1 heterocycles. The Labute approximate surface area is 131 Å². The van der Waals surface area contributed by atoms with Crippen LogP contribution in [-0.4, -0.2) is 56.8 Å². The second-order valence-electron chi connectivity index (χ2n) is 5.41. The Morgan fingerprint density at radius 1 is 0.955 bits per heavy atom. The summed E-state index contributed by atoms with van der Waals surface area (Å²) in [5, 5.41) is 24.9. The van der Waals surface area contributed by atoms with E-state index in [1.807, 2.05) is 30.3 Å². The molecule has 4 N–H and O–H groups in total. The number of hydrogen-bond donors (Lipinski definition) is 4. The minimum atomic E-state index is -0.746. The standard InChI is InChI=1S/C15H25N5O2/c21-20(22)15(13-4-2-1-3-5-13)14-12-18-9-8-16-6-7-17-10-11-19-14/h1-5,14-19H,6-12H2/t14?,15-/m0/s1. The van der Waals surface area contributed by atoms with Crippen molar-refractivity contribution in [1.82, 2.24) is 21.3 Å². The van der Waals surface area contributed by atoms with Crippen molar-refractivity contribution in [3.63, 3.8) is 0 Å². The Hall–Kier alpha value is -1.54. The van der Waals surface area contributed by atoms with Gasteiger partial charge in [0.1, 0.15) is 0 Å². The maximum absolute atomic E-state index is 11.6. The van der Waals surface area contributed by atoms with Crippen molar-refractivity contribution in [3.05, 3.63) is 46.0 Å². The van der Waals surface area contributed by atoms with Gasteiger partial charge in [0, 0.05) is 56.3 Å². The third-order valence-corrected chi connectivity index (χ3v) is 3.78. The van der Waals surface area contributed by atoms with Crippen molar-refractivity contribution in [3.8, 4) is 0 Å². The predicted molar refractivity (Wildman–Crippen MR) is 86.6 cm³/mol. The monoisotopic (exact) mass is 307 g/mol. The van der Waals surface area contributed by atoms with Crippen molar-refractivity contribution < 1.29 is 4.92 Å². The van der Waals surface area contributed by atoms with Gasteiger partial charge in [-0.25, -0.2) is 0 Å². The van der Waals surface area contributed by atoms with Gasteiger partial charge in [-0.3, -0.25) is 10.1 Å². The highest BCUT2D eigenvalue weighted by Crippen LogP contribution is 2.20. The summed E-state index contributed by atoms with van der Waals surface area (Å²) in [5.74, 6) is 0. The Morgan fingerprint density at radius 3 is 2.18 bits per heavy atom. The molecule has 7 heteroatoms. The number of nitrogens with one attached hydrogen (secondary N) is 4. The molecular formula is C15H25N5O2. The van der Waals surface area contributed by atoms with Crippen molar-refractivity contribution >= 4 is 0 Å². The SMILES string of the molecule is O=[N+]([O-])[C@@H](c1ccccc1)C1CNCCNCCNCCN1. The lowest BCUT2D eigenvalue weighted by atomic mass is 9.99. The second-order valence-corrected chi connectivity index (χ2v) is 5.41. The van der Waals surface area contributed by atoms with E-state index in [4.69, 9.17) is 0 Å². The largest absolute Gasteiger partial charge is 0.314 e. The maximum atomic E-state index is 11.6. The van der Waals surface area contributed by atoms with Gasteiger partial charge in [0.05, 0.1) is 6.04 Å². The van der Waals surface area contributed by atoms with Gasteiger partial charge in [0.2, 0.25) is 0 Å². The molecule has 2 atom stereocenters. The highest BCUT2D eigenvalue weighted by atomic mass is 16.6. The molecule has 1 aliphatic rings. The predicted octanol–water partition coefficient (Wildman–Crippen LogP) is -0.255. The number of benzene rings is 1. The summed E-state index contributed by atoms with van der Waals surface area (Å²) in [7, 11) is 0. The van der Waals surface area contributed by atoms with Crippen LogP contribution in [0.2, 0.25) is 0 Å². The molecule has 0 spiro atoms. The molecule has 0 aromatic heterocycles. The Balaban J connectivity index is 2.06. The molecule has 7 nitrogen and oxygen atoms in total. The Bertz CT molecular complexity index is 431. The first-order valence-electron chi connectivity index (χ1n) is 7.83. The molecular weight excluding hydrogens is 282 g/mol. The molecule has 122 valence electrons. The molecule has 1 aliphatic heterocycles. The van der Waals surface area contributed by atoms with Gasteiger partial charge >= 0.3 is 0 Å². The van der Waals surface area contributed by atoms with Crippen LogP contribution in [0.4, 0.5) is 0 Å². The molecule has 22 heavy (non-hydrogen) atoms. The lowest BCUT2D eigenvalue weighted by molar-refractivity contribution is -0.533. The summed E-state index contributed by atoms with van der Waals surface area (Å²) >= 11 is 0. The summed E-state index contributed by atoms with van der Waals surface area (Å²) < 4.78 is 0. The summed E-state index contributed by atoms with van der Waals surface area (Å²) in [6, 6.07) is 8.24. The van der Waals surface area contributed by atoms with Crippen molar-refractivity contribution in [2.24, 2.45) is 0 Å². The van der Waals surface area contributed by atoms with Crippen LogP contribution in [0, 0.1) is 10.1 Å². The van der Waals surface area contributed by atoms with Crippen LogP contribution in [0.15, 0.2) is 30.3 Å². The quantitative estimate of drug-likeness (QED) is 0.454. The van der Waals surface area contributed by atoms with Crippen LogP contribution < -0.4 is 21.3 Å². The third kappa shape index (κ3) is 5.34. The van der Waals surface area contributed by atoms with E-state index in [2.05, 4.69) is 21.3 Å². The number of rotatable bonds is 3. The van der Waals surface area contributed by atoms with Crippen LogP contribution in [0.3, 0.4) is 0 Å². The molecule has 1 aromatic carbocycles. The van der Waals surface area contributed by atoms with E-state index >= 15 is 0 Å². The molecule has 0 radical (unpaired) electrons. The topological polar surface area (TPSA) is 91.3 Å². The second kappa shape index (κ2) is 9.47. The molecule has 0 saturated carbocycles. The summed E-state index contributed by atoms with van der Waals surface area (Å²) in [6.07, 6.45) is 0. The zero-order chi connectivity index (χ0) is 15.6. The van der Waals surface area contributed by atoms with Crippen LogP contribution in [0.25, 0.3) is 0 Å². The van der Waals surface area contributed by atoms with E-state index in [9.17, 15) is 10.1 Å². The van der Waals surface area contributed by atoms with Gasteiger partial charge in [-0.2, -0.15) is 0 Å². The number of nitrogens with zero attached hydrogens (tertiary/aromatic N) is 1. The van der Waals surface area contributed by atoms with E-state index in [1.165, 1.54) is 0 Å². The fraction of sp³-hybridized carbons (Fsp3) is 0.600. The van der Waals surface area contributed by atoms with E-state index in [0.717, 1.165) is 38.3 Å². The van der Waals surface area contributed by atoms with Crippen LogP contribution in [-0.2, 0) is 0 Å². The van der Waals surface area contributed by atoms with Crippen LogP contribution in [0.1, 0.15) is 11.6 Å². The molecule has 1 unspecified atom stereocenters. The van der Waals surface area contributed by atoms with E-state index in [-0.39, 0.29) is 11.0 Å². The van der Waals surface area contributed by atoms with E-state index in [0.29, 0.717) is 13.1 Å². The highest BCUT2D eigenvalue weighted by Gasteiger charge is 2.32. The average molecular weight is 307 g/mol. The van der Waals surface area contributed by atoms with Gasteiger partial charge in [-0.05, 0) is 0 Å². The van der Waals surface area contributed by atoms with E-state index < -0.39 is 6.04 Å². The Morgan fingerprint density at radius 2 is 1.55 bits per heavy atom. The zero-order valence-corrected chi connectivity index (χ0v) is 12.8. The smallest absolute Gasteiger partial charge is 0.254 e. The number of hydrogen-bond acceptors (Lipinski definition) is 6. The lowest BCUT2D eigenvalue weighted by Gasteiger charge is -2.24. The lowest BCUT2D eigenvalue weighted by Crippen LogP contribution is -2.49. The molecule has 2 rings (SSSR count). The Kier molecular flexibility index (Phi) is 7.24. The van der Waals surface area contributed by atoms with Crippen molar-refractivity contribution in [1.29, 1.82) is 0 Å².